The number of amides is 5. The van der Waals surface area contributed by atoms with Gasteiger partial charge in [-0.25, -0.2) is 9.59 Å². The molecule has 10 aliphatic heterocycles. The molecule has 10 fully saturated rings. The zero-order valence-corrected chi connectivity index (χ0v) is 73.5. The molecule has 60 nitrogen and oxygen atoms in total. The molecular formula is C76H125N5O55. The van der Waals surface area contributed by atoms with Gasteiger partial charge in [-0.05, 0) is 13.8 Å². The fourth-order valence-corrected chi connectivity index (χ4v) is 17.7. The lowest BCUT2D eigenvalue weighted by Crippen LogP contribution is -2.72. The van der Waals surface area contributed by atoms with Crippen LogP contribution in [0.15, 0.2) is 0 Å². The van der Waals surface area contributed by atoms with Gasteiger partial charge in [0.1, 0.15) is 220 Å². The number of rotatable bonds is 37. The molecule has 0 aromatic carbocycles. The number of nitrogens with one attached hydrogen (secondary N) is 5. The summed E-state index contributed by atoms with van der Waals surface area (Å²) in [7, 11) is 0. The highest BCUT2D eigenvalue weighted by Crippen LogP contribution is 2.45. The van der Waals surface area contributed by atoms with Crippen LogP contribution in [0.5, 0.6) is 0 Å². The van der Waals surface area contributed by atoms with Crippen molar-refractivity contribution < 1.29 is 272 Å². The first-order chi connectivity index (χ1) is 63.9. The van der Waals surface area contributed by atoms with Crippen LogP contribution in [-0.2, 0) is 124 Å². The third-order valence-electron chi connectivity index (χ3n) is 24.7. The Morgan fingerprint density at radius 1 is 0.316 bits per heavy atom. The number of aliphatic carboxylic acids is 2. The van der Waals surface area contributed by atoms with Gasteiger partial charge in [-0.1, -0.05) is 0 Å². The highest BCUT2D eigenvalue weighted by molar-refractivity contribution is 5.78. The Balaban J connectivity index is 0.945. The van der Waals surface area contributed by atoms with E-state index in [1.807, 2.05) is 0 Å². The van der Waals surface area contributed by atoms with E-state index in [4.69, 9.17) is 90.0 Å². The number of aliphatic hydroxyl groups excluding tert-OH is 27. The summed E-state index contributed by atoms with van der Waals surface area (Å²) in [5, 5.41) is 337. The molecule has 10 aliphatic rings. The molecular weight excluding hydrogens is 1860 g/mol. The van der Waals surface area contributed by atoms with Gasteiger partial charge >= 0.3 is 11.9 Å². The summed E-state index contributed by atoms with van der Waals surface area (Å²) in [5.41, 5.74) is 0. The molecule has 136 heavy (non-hydrogen) atoms. The molecule has 0 spiro atoms. The number of hydrogen-bond acceptors (Lipinski definition) is 53. The summed E-state index contributed by atoms with van der Waals surface area (Å²) < 4.78 is 114. The Labute approximate surface area is 769 Å². The lowest BCUT2D eigenvalue weighted by molar-refractivity contribution is -0.398. The molecule has 5 amide bonds. The number of carboxylic acids is 2. The van der Waals surface area contributed by atoms with E-state index >= 15 is 0 Å². The summed E-state index contributed by atoms with van der Waals surface area (Å²) in [4.78, 5) is 91.8. The van der Waals surface area contributed by atoms with Crippen molar-refractivity contribution in [2.24, 2.45) is 0 Å². The highest BCUT2D eigenvalue weighted by atomic mass is 16.8. The van der Waals surface area contributed by atoms with Crippen LogP contribution in [-0.4, -0.2) is 560 Å². The maximum atomic E-state index is 13.6. The minimum absolute atomic E-state index is 0.860. The quantitative estimate of drug-likeness (QED) is 0.0275. The summed E-state index contributed by atoms with van der Waals surface area (Å²) >= 11 is 0. The van der Waals surface area contributed by atoms with Crippen molar-refractivity contribution in [2.75, 3.05) is 52.9 Å². The average Bonchev–Trinajstić information content (AvgIpc) is 0.753. The monoisotopic (exact) mass is 1990 g/mol. The predicted octanol–water partition coefficient (Wildman–Crippen LogP) is -21.6. The first-order valence-corrected chi connectivity index (χ1v) is 43.1. The zero-order valence-electron chi connectivity index (χ0n) is 73.5. The van der Waals surface area contributed by atoms with Gasteiger partial charge in [0, 0.05) is 47.5 Å². The van der Waals surface area contributed by atoms with Crippen molar-refractivity contribution in [3.8, 4) is 0 Å². The second-order valence-corrected chi connectivity index (χ2v) is 34.5. The molecule has 0 saturated carbocycles. The van der Waals surface area contributed by atoms with Crippen LogP contribution in [0.1, 0.15) is 61.3 Å². The predicted molar refractivity (Wildman–Crippen MR) is 419 cm³/mol. The fraction of sp³-hybridized carbons (Fsp3) is 0.908. The number of carbonyl (C=O) groups is 7. The Kier molecular flexibility index (Phi) is 39.5. The van der Waals surface area contributed by atoms with E-state index in [1.54, 1.807) is 0 Å². The molecule has 0 bridgehead atoms. The van der Waals surface area contributed by atoms with E-state index in [9.17, 15) is 182 Å². The Morgan fingerprint density at radius 2 is 0.610 bits per heavy atom. The lowest BCUT2D eigenvalue weighted by atomic mass is 9.88. The van der Waals surface area contributed by atoms with Crippen LogP contribution >= 0.6 is 0 Å². The van der Waals surface area contributed by atoms with Crippen molar-refractivity contribution in [1.29, 1.82) is 0 Å². The first kappa shape index (κ1) is 112. The van der Waals surface area contributed by atoms with E-state index in [1.165, 1.54) is 13.8 Å². The third-order valence-corrected chi connectivity index (χ3v) is 24.7. The Hall–Kier alpha value is -5.55. The first-order valence-electron chi connectivity index (χ1n) is 43.1. The van der Waals surface area contributed by atoms with Crippen molar-refractivity contribution >= 4 is 41.5 Å². The molecule has 0 unspecified atom stereocenters. The van der Waals surface area contributed by atoms with Gasteiger partial charge in [-0.2, -0.15) is 0 Å². The second-order valence-electron chi connectivity index (χ2n) is 34.5. The van der Waals surface area contributed by atoms with Gasteiger partial charge in [0.2, 0.25) is 29.5 Å². The standard InChI is InChI=1S/C76H125N5O55/c1-18-40(98)48(106)50(108)68(119-18)130-60-38(80-23(6)92)66(125-32(15-87)55(60)127-71-53(111)63(45(103)30(13-85)123-71)135-75(73(114)115)8-25(94)35(77-20(3)89)58(133-75)42(100)27(96)10-82)118-17-34-47(105)57(37(65(113)121-34)79-22(5)91)129-70-52(110)62(44(102)29(12-84)122-70)132-67-39(81-24(7)93)61(131-69-51(109)49(107)41(99)19(2)120-69)56(33(16-88)126-67)128-72-54(112)64(46(104)31(14-86)124-72)136-76(74(116)117)9-26(95)36(78-21(4)90)59(134-76)43(101)28(97)11-83/h18-19,25-72,82-88,94-113H,8-17H2,1-7H3,(H,77,89)(H,78,90)(H,79,91)(H,80,92)(H,81,93)(H,114,115)(H,116,117)/t18-,19-,25-,26-,27+,28+,29+,30+,31+,32+,33+,34+,35+,36+,37+,38+,39+,40+,41+,42+,43+,44-,45-,46-,47-,48+,49+,50-,51-,52+,53+,54+,55+,56+,57+,58+,59+,60+,61+,62-,63-,64-,65-,66+,67-,68-,69-,70-,71-,72-,75-,76-/m0/s1. The highest BCUT2D eigenvalue weighted by Gasteiger charge is 2.66. The van der Waals surface area contributed by atoms with Crippen molar-refractivity contribution in [1.82, 2.24) is 26.6 Å². The molecule has 10 rings (SSSR count). The van der Waals surface area contributed by atoms with Crippen molar-refractivity contribution in [2.45, 2.75) is 379 Å². The van der Waals surface area contributed by atoms with Crippen LogP contribution < -0.4 is 26.6 Å². The number of ether oxygens (including phenoxy) is 19. The largest absolute Gasteiger partial charge is 0.477 e. The van der Waals surface area contributed by atoms with Crippen molar-refractivity contribution in [3.63, 3.8) is 0 Å². The maximum absolute atomic E-state index is 13.6. The summed E-state index contributed by atoms with van der Waals surface area (Å²) in [6.07, 6.45) is -102. The number of carbonyl (C=O) groups excluding carboxylic acids is 5. The van der Waals surface area contributed by atoms with Crippen LogP contribution in [0.25, 0.3) is 0 Å². The summed E-state index contributed by atoms with van der Waals surface area (Å²) in [6.45, 7) is -3.17. The number of carboxylic acid groups (broad SMARTS) is 2. The maximum Gasteiger partial charge on any atom is 0.364 e. The van der Waals surface area contributed by atoms with Gasteiger partial charge < -0.3 is 265 Å². The molecule has 0 aromatic rings. The van der Waals surface area contributed by atoms with Gasteiger partial charge in [0.25, 0.3) is 11.6 Å². The van der Waals surface area contributed by atoms with Gasteiger partial charge in [-0.3, -0.25) is 24.0 Å². The summed E-state index contributed by atoms with van der Waals surface area (Å²) in [6, 6.07) is -9.77. The van der Waals surface area contributed by atoms with E-state index in [-0.39, 0.29) is 0 Å². The zero-order chi connectivity index (χ0) is 101. The fourth-order valence-electron chi connectivity index (χ4n) is 17.7. The van der Waals surface area contributed by atoms with Crippen LogP contribution in [0, 0.1) is 0 Å². The lowest BCUT2D eigenvalue weighted by Gasteiger charge is -2.52. The molecule has 784 valence electrons. The Bertz CT molecular complexity index is 3890. The Morgan fingerprint density at radius 3 is 0.963 bits per heavy atom. The number of aliphatic hydroxyl groups is 27. The van der Waals surface area contributed by atoms with Crippen molar-refractivity contribution in [3.05, 3.63) is 0 Å². The molecule has 10 heterocycles. The van der Waals surface area contributed by atoms with E-state index in [0.717, 1.165) is 34.6 Å². The SMILES string of the molecule is CC(=O)N[C@@H]1[C@@H](O[C@@H]2O[C@H](CO)[C@H](O)[C@H](O[C@@H]3O[C@H](CO)[C@@H](O[C@@H]4O[C@H](CO)[C@H](O)[C@H](O[C@]5(C(=O)O)C[C@H](O)[C@@H](NC(C)=O)[C@H]([C@H](O)[C@H](O)CO)O5)[C@H]4O)[C@H](O[C@@H]4O[C@@H](C)[C@@H](O)[C@@H](O)[C@@H]4O)[C@H]3NC(C)=O)[C@H]2O)[C@@H](O)[C@@H](CO[C@@H]2O[C@H](CO)[C@@H](O[C@@H]3O[C@H](CO)[C@H](O)[C@H](O[C@]4(C(=O)O)C[C@H](O)[C@@H](NC(C)=O)[C@H]([C@H](O)[C@H](O)CO)O4)[C@H]3O)[C@H](O[C@@H]3O[C@@H](C)[C@@H](O)[C@@H](O)[C@@H]3O)[C@H]2NC(C)=O)O[C@@H]1O. The van der Waals surface area contributed by atoms with E-state index < -0.39 is 425 Å². The summed E-state index contributed by atoms with van der Waals surface area (Å²) in [5.74, 6) is -16.0. The topological polar surface area (TPSA) is 942 Å². The van der Waals surface area contributed by atoms with E-state index in [2.05, 4.69) is 26.6 Å². The second kappa shape index (κ2) is 47.8. The molecule has 60 heteroatoms. The van der Waals surface area contributed by atoms with Gasteiger partial charge in [0.15, 0.2) is 50.3 Å². The van der Waals surface area contributed by atoms with Crippen LogP contribution in [0.4, 0.5) is 0 Å². The minimum Gasteiger partial charge on any atom is -0.477 e. The third kappa shape index (κ3) is 24.6. The molecule has 0 aliphatic carbocycles. The molecule has 52 atom stereocenters. The molecule has 0 aromatic heterocycles. The average molecular weight is 1990 g/mol. The smallest absolute Gasteiger partial charge is 0.364 e. The van der Waals surface area contributed by atoms with Gasteiger partial charge in [-0.15, -0.1) is 0 Å². The minimum atomic E-state index is -3.37. The number of hydrogen-bond donors (Lipinski definition) is 34. The molecule has 0 radical (unpaired) electrons. The van der Waals surface area contributed by atoms with E-state index in [0.29, 0.717) is 0 Å². The molecule has 34 N–H and O–H groups in total. The normalized spacial score (nSPS) is 46.7. The van der Waals surface area contributed by atoms with Gasteiger partial charge in [0.05, 0.1) is 89.4 Å². The van der Waals surface area contributed by atoms with Crippen LogP contribution in [0.2, 0.25) is 0 Å². The molecule has 10 saturated heterocycles. The van der Waals surface area contributed by atoms with Crippen LogP contribution in [0.3, 0.4) is 0 Å².